The van der Waals surface area contributed by atoms with Crippen molar-refractivity contribution < 1.29 is 5.11 Å². The standard InChI is InChI=1S/C11H14ClNO/c12-10-9-3-1-2-7(9)6-8(4-5-13)11(10)14/h6,14H,1-5,13H2. The lowest BCUT2D eigenvalue weighted by atomic mass is 10.0. The van der Waals surface area contributed by atoms with Gasteiger partial charge < -0.3 is 10.8 Å². The number of halogens is 1. The fourth-order valence-electron chi connectivity index (χ4n) is 2.09. The Bertz CT molecular complexity index is 363. The molecule has 0 radical (unpaired) electrons. The molecule has 14 heavy (non-hydrogen) atoms. The van der Waals surface area contributed by atoms with E-state index in [-0.39, 0.29) is 5.75 Å². The van der Waals surface area contributed by atoms with Gasteiger partial charge in [0, 0.05) is 0 Å². The van der Waals surface area contributed by atoms with E-state index in [1.165, 1.54) is 5.56 Å². The maximum absolute atomic E-state index is 9.81. The zero-order valence-electron chi connectivity index (χ0n) is 8.02. The van der Waals surface area contributed by atoms with Crippen molar-refractivity contribution >= 4 is 11.6 Å². The first-order valence-corrected chi connectivity index (χ1v) is 5.34. The van der Waals surface area contributed by atoms with Crippen molar-refractivity contribution in [3.05, 3.63) is 27.8 Å². The molecule has 0 fully saturated rings. The molecule has 2 rings (SSSR count). The number of phenols is 1. The lowest BCUT2D eigenvalue weighted by Crippen LogP contribution is -2.04. The number of nitrogens with two attached hydrogens (primary N) is 1. The third kappa shape index (κ3) is 1.49. The quantitative estimate of drug-likeness (QED) is 0.787. The summed E-state index contributed by atoms with van der Waals surface area (Å²) in [5.74, 6) is 0.234. The van der Waals surface area contributed by atoms with Crippen LogP contribution in [-0.4, -0.2) is 11.7 Å². The first kappa shape index (κ1) is 9.81. The van der Waals surface area contributed by atoms with Crippen LogP contribution in [0.25, 0.3) is 0 Å². The number of fused-ring (bicyclic) bond motifs is 1. The monoisotopic (exact) mass is 211 g/mol. The molecular weight excluding hydrogens is 198 g/mol. The minimum absolute atomic E-state index is 0.234. The van der Waals surface area contributed by atoms with E-state index >= 15 is 0 Å². The van der Waals surface area contributed by atoms with E-state index in [1.54, 1.807) is 0 Å². The van der Waals surface area contributed by atoms with E-state index in [0.717, 1.165) is 30.4 Å². The van der Waals surface area contributed by atoms with Crippen LogP contribution in [-0.2, 0) is 19.3 Å². The van der Waals surface area contributed by atoms with Gasteiger partial charge in [0.2, 0.25) is 0 Å². The summed E-state index contributed by atoms with van der Waals surface area (Å²) in [7, 11) is 0. The zero-order valence-corrected chi connectivity index (χ0v) is 8.77. The second kappa shape index (κ2) is 3.79. The number of rotatable bonds is 2. The van der Waals surface area contributed by atoms with Crippen LogP contribution in [0.4, 0.5) is 0 Å². The fraction of sp³-hybridized carbons (Fsp3) is 0.455. The summed E-state index contributed by atoms with van der Waals surface area (Å²) < 4.78 is 0. The van der Waals surface area contributed by atoms with Gasteiger partial charge in [-0.05, 0) is 48.9 Å². The summed E-state index contributed by atoms with van der Waals surface area (Å²) in [6, 6.07) is 2.05. The van der Waals surface area contributed by atoms with E-state index in [1.807, 2.05) is 0 Å². The molecular formula is C11H14ClNO. The predicted octanol–water partition coefficient (Wildman–Crippen LogP) is 2.04. The third-order valence-corrected chi connectivity index (χ3v) is 3.21. The Morgan fingerprint density at radius 1 is 1.43 bits per heavy atom. The summed E-state index contributed by atoms with van der Waals surface area (Å²) in [4.78, 5) is 0. The topological polar surface area (TPSA) is 46.2 Å². The molecule has 0 amide bonds. The average molecular weight is 212 g/mol. The summed E-state index contributed by atoms with van der Waals surface area (Å²) >= 11 is 6.09. The molecule has 0 atom stereocenters. The molecule has 1 aromatic carbocycles. The first-order chi connectivity index (χ1) is 6.74. The van der Waals surface area contributed by atoms with Crippen molar-refractivity contribution in [3.63, 3.8) is 0 Å². The number of aryl methyl sites for hydroxylation is 1. The Balaban J connectivity index is 2.49. The molecule has 0 unspecified atom stereocenters. The Labute approximate surface area is 88.7 Å². The van der Waals surface area contributed by atoms with Crippen LogP contribution in [0.2, 0.25) is 5.02 Å². The molecule has 3 heteroatoms. The second-order valence-corrected chi connectivity index (χ2v) is 4.11. The summed E-state index contributed by atoms with van der Waals surface area (Å²) in [5.41, 5.74) is 8.78. The van der Waals surface area contributed by atoms with Crippen molar-refractivity contribution in [2.75, 3.05) is 6.54 Å². The van der Waals surface area contributed by atoms with Gasteiger partial charge in [0.05, 0.1) is 5.02 Å². The van der Waals surface area contributed by atoms with Crippen molar-refractivity contribution in [3.8, 4) is 5.75 Å². The SMILES string of the molecule is NCCc1cc2c(c(Cl)c1O)CCC2. The van der Waals surface area contributed by atoms with Gasteiger partial charge in [-0.25, -0.2) is 0 Å². The maximum atomic E-state index is 9.81. The van der Waals surface area contributed by atoms with Gasteiger partial charge in [0.1, 0.15) is 5.75 Å². The molecule has 0 bridgehead atoms. The smallest absolute Gasteiger partial charge is 0.137 e. The molecule has 3 N–H and O–H groups in total. The normalized spacial score (nSPS) is 14.4. The number of benzene rings is 1. The average Bonchev–Trinajstić information content (AvgIpc) is 2.62. The van der Waals surface area contributed by atoms with Crippen LogP contribution in [0.1, 0.15) is 23.1 Å². The fourth-order valence-corrected chi connectivity index (χ4v) is 2.42. The van der Waals surface area contributed by atoms with Crippen molar-refractivity contribution in [1.82, 2.24) is 0 Å². The first-order valence-electron chi connectivity index (χ1n) is 4.96. The van der Waals surface area contributed by atoms with E-state index in [4.69, 9.17) is 17.3 Å². The highest BCUT2D eigenvalue weighted by Gasteiger charge is 2.19. The minimum atomic E-state index is 0.234. The number of hydrogen-bond donors (Lipinski definition) is 2. The van der Waals surface area contributed by atoms with Crippen molar-refractivity contribution in [2.45, 2.75) is 25.7 Å². The molecule has 2 nitrogen and oxygen atoms in total. The molecule has 1 aliphatic rings. The van der Waals surface area contributed by atoms with Gasteiger partial charge in [-0.3, -0.25) is 0 Å². The Hall–Kier alpha value is -0.730. The number of hydrogen-bond acceptors (Lipinski definition) is 2. The lowest BCUT2D eigenvalue weighted by molar-refractivity contribution is 0.468. The Kier molecular flexibility index (Phi) is 2.66. The summed E-state index contributed by atoms with van der Waals surface area (Å²) in [6.07, 6.45) is 3.90. The van der Waals surface area contributed by atoms with E-state index in [2.05, 4.69) is 6.07 Å². The molecule has 0 aromatic heterocycles. The van der Waals surface area contributed by atoms with E-state index in [9.17, 15) is 5.11 Å². The summed E-state index contributed by atoms with van der Waals surface area (Å²) in [5, 5.41) is 10.4. The van der Waals surface area contributed by atoms with E-state index in [0.29, 0.717) is 18.0 Å². The largest absolute Gasteiger partial charge is 0.506 e. The van der Waals surface area contributed by atoms with Crippen molar-refractivity contribution in [2.24, 2.45) is 5.73 Å². The highest BCUT2D eigenvalue weighted by Crippen LogP contribution is 2.38. The van der Waals surface area contributed by atoms with E-state index < -0.39 is 0 Å². The molecule has 0 saturated heterocycles. The van der Waals surface area contributed by atoms with Crippen LogP contribution < -0.4 is 5.73 Å². The van der Waals surface area contributed by atoms with Crippen LogP contribution in [0.15, 0.2) is 6.07 Å². The van der Waals surface area contributed by atoms with Crippen molar-refractivity contribution in [1.29, 1.82) is 0 Å². The third-order valence-electron chi connectivity index (χ3n) is 2.80. The van der Waals surface area contributed by atoms with Gasteiger partial charge in [-0.15, -0.1) is 0 Å². The minimum Gasteiger partial charge on any atom is -0.506 e. The summed E-state index contributed by atoms with van der Waals surface area (Å²) in [6.45, 7) is 0.544. The lowest BCUT2D eigenvalue weighted by Gasteiger charge is -2.10. The Morgan fingerprint density at radius 2 is 2.21 bits per heavy atom. The molecule has 1 aromatic rings. The number of aromatic hydroxyl groups is 1. The van der Waals surface area contributed by atoms with Crippen LogP contribution in [0, 0.1) is 0 Å². The Morgan fingerprint density at radius 3 is 2.93 bits per heavy atom. The highest BCUT2D eigenvalue weighted by molar-refractivity contribution is 6.33. The molecule has 0 aliphatic heterocycles. The molecule has 0 heterocycles. The second-order valence-electron chi connectivity index (χ2n) is 3.73. The van der Waals surface area contributed by atoms with Gasteiger partial charge in [-0.2, -0.15) is 0 Å². The van der Waals surface area contributed by atoms with Crippen LogP contribution >= 0.6 is 11.6 Å². The number of phenolic OH excluding ortho intramolecular Hbond substituents is 1. The molecule has 0 spiro atoms. The van der Waals surface area contributed by atoms with Crippen LogP contribution in [0.3, 0.4) is 0 Å². The van der Waals surface area contributed by atoms with Gasteiger partial charge in [0.15, 0.2) is 0 Å². The van der Waals surface area contributed by atoms with Gasteiger partial charge in [0.25, 0.3) is 0 Å². The van der Waals surface area contributed by atoms with Gasteiger partial charge >= 0.3 is 0 Å². The maximum Gasteiger partial charge on any atom is 0.137 e. The zero-order chi connectivity index (χ0) is 10.1. The highest BCUT2D eigenvalue weighted by atomic mass is 35.5. The predicted molar refractivity (Wildman–Crippen MR) is 57.9 cm³/mol. The van der Waals surface area contributed by atoms with Crippen LogP contribution in [0.5, 0.6) is 5.75 Å². The molecule has 1 aliphatic carbocycles. The molecule has 76 valence electrons. The van der Waals surface area contributed by atoms with Gasteiger partial charge in [-0.1, -0.05) is 17.7 Å². The molecule has 0 saturated carbocycles.